The Morgan fingerprint density at radius 2 is 2.00 bits per heavy atom. The van der Waals surface area contributed by atoms with Crippen molar-refractivity contribution in [3.63, 3.8) is 0 Å². The fourth-order valence-corrected chi connectivity index (χ4v) is 1.40. The number of benzene rings is 1. The van der Waals surface area contributed by atoms with Crippen molar-refractivity contribution in [1.29, 1.82) is 0 Å². The van der Waals surface area contributed by atoms with Crippen LogP contribution in [0.5, 0.6) is 5.75 Å². The van der Waals surface area contributed by atoms with Crippen molar-refractivity contribution in [3.05, 3.63) is 58.4 Å². The maximum Gasteiger partial charge on any atom is 0.269 e. The normalized spacial score (nSPS) is 10.0. The number of hydrogen-bond donors (Lipinski definition) is 1. The van der Waals surface area contributed by atoms with Gasteiger partial charge >= 0.3 is 0 Å². The van der Waals surface area contributed by atoms with Gasteiger partial charge in [0, 0.05) is 24.0 Å². The number of hydrogen-bond acceptors (Lipinski definition) is 5. The monoisotopic (exact) mass is 245 g/mol. The van der Waals surface area contributed by atoms with Crippen LogP contribution in [0.25, 0.3) is 0 Å². The molecule has 0 aliphatic rings. The molecule has 2 N–H and O–H groups in total. The number of nitrogen functional groups attached to an aromatic ring is 1. The number of rotatable bonds is 4. The van der Waals surface area contributed by atoms with Crippen LogP contribution in [0.3, 0.4) is 0 Å². The molecule has 0 amide bonds. The van der Waals surface area contributed by atoms with Crippen molar-refractivity contribution in [2.75, 3.05) is 5.73 Å². The molecule has 0 unspecified atom stereocenters. The molecule has 0 atom stereocenters. The number of ether oxygens (including phenoxy) is 1. The van der Waals surface area contributed by atoms with Crippen molar-refractivity contribution in [2.45, 2.75) is 6.61 Å². The zero-order valence-corrected chi connectivity index (χ0v) is 9.45. The molecule has 0 bridgehead atoms. The quantitative estimate of drug-likeness (QED) is 0.658. The molecule has 2 aromatic rings. The van der Waals surface area contributed by atoms with E-state index in [-0.39, 0.29) is 12.3 Å². The van der Waals surface area contributed by atoms with Crippen LogP contribution < -0.4 is 10.5 Å². The van der Waals surface area contributed by atoms with Gasteiger partial charge in [0.1, 0.15) is 12.4 Å². The van der Waals surface area contributed by atoms with Crippen LogP contribution in [0.15, 0.2) is 42.6 Å². The fourth-order valence-electron chi connectivity index (χ4n) is 1.40. The lowest BCUT2D eigenvalue weighted by Gasteiger charge is -2.05. The molecule has 0 spiro atoms. The SMILES string of the molecule is Nc1ccnc(COc2ccc([N+](=O)[O-])cc2)c1. The Kier molecular flexibility index (Phi) is 3.38. The van der Waals surface area contributed by atoms with Crippen molar-refractivity contribution in [1.82, 2.24) is 4.98 Å². The molecule has 0 saturated carbocycles. The van der Waals surface area contributed by atoms with Crippen LogP contribution in [0, 0.1) is 10.1 Å². The molecular weight excluding hydrogens is 234 g/mol. The highest BCUT2D eigenvalue weighted by Crippen LogP contribution is 2.18. The Balaban J connectivity index is 2.00. The number of nitro benzene ring substituents is 1. The van der Waals surface area contributed by atoms with Crippen molar-refractivity contribution in [3.8, 4) is 5.75 Å². The van der Waals surface area contributed by atoms with Gasteiger partial charge in [-0.1, -0.05) is 0 Å². The first kappa shape index (κ1) is 11.8. The van der Waals surface area contributed by atoms with Crippen LogP contribution in [-0.2, 0) is 6.61 Å². The van der Waals surface area contributed by atoms with Gasteiger partial charge in [-0.2, -0.15) is 0 Å². The van der Waals surface area contributed by atoms with E-state index in [1.165, 1.54) is 12.1 Å². The summed E-state index contributed by atoms with van der Waals surface area (Å²) < 4.78 is 5.44. The molecular formula is C12H11N3O3. The van der Waals surface area contributed by atoms with E-state index in [1.54, 1.807) is 30.5 Å². The number of aromatic nitrogens is 1. The second-order valence-corrected chi connectivity index (χ2v) is 3.62. The zero-order chi connectivity index (χ0) is 13.0. The summed E-state index contributed by atoms with van der Waals surface area (Å²) in [5, 5.41) is 10.5. The van der Waals surface area contributed by atoms with E-state index >= 15 is 0 Å². The van der Waals surface area contributed by atoms with E-state index in [0.717, 1.165) is 0 Å². The lowest BCUT2D eigenvalue weighted by molar-refractivity contribution is -0.384. The predicted octanol–water partition coefficient (Wildman–Crippen LogP) is 2.15. The van der Waals surface area contributed by atoms with E-state index in [4.69, 9.17) is 10.5 Å². The molecule has 2 rings (SSSR count). The summed E-state index contributed by atoms with van der Waals surface area (Å²) in [7, 11) is 0. The molecule has 92 valence electrons. The third-order valence-corrected chi connectivity index (χ3v) is 2.27. The third-order valence-electron chi connectivity index (χ3n) is 2.27. The number of nitrogens with two attached hydrogens (primary N) is 1. The smallest absolute Gasteiger partial charge is 0.269 e. The minimum absolute atomic E-state index is 0.0319. The highest BCUT2D eigenvalue weighted by Gasteiger charge is 2.04. The first-order valence-corrected chi connectivity index (χ1v) is 5.23. The maximum atomic E-state index is 10.5. The molecule has 1 heterocycles. The summed E-state index contributed by atoms with van der Waals surface area (Å²) in [4.78, 5) is 14.1. The summed E-state index contributed by atoms with van der Waals surface area (Å²) in [6.07, 6.45) is 1.60. The van der Waals surface area contributed by atoms with Crippen LogP contribution in [-0.4, -0.2) is 9.91 Å². The van der Waals surface area contributed by atoms with Crippen LogP contribution in [0.2, 0.25) is 0 Å². The number of nitro groups is 1. The molecule has 6 heteroatoms. The average molecular weight is 245 g/mol. The van der Waals surface area contributed by atoms with Crippen LogP contribution in [0.4, 0.5) is 11.4 Å². The number of nitrogens with zero attached hydrogens (tertiary/aromatic N) is 2. The standard InChI is InChI=1S/C12H11N3O3/c13-9-5-6-14-10(7-9)8-18-12-3-1-11(2-4-12)15(16)17/h1-7H,8H2,(H2,13,14). The Bertz CT molecular complexity index is 555. The fraction of sp³-hybridized carbons (Fsp3) is 0.0833. The molecule has 0 radical (unpaired) electrons. The van der Waals surface area contributed by atoms with Crippen LogP contribution in [0.1, 0.15) is 5.69 Å². The first-order chi connectivity index (χ1) is 8.65. The lowest BCUT2D eigenvalue weighted by Crippen LogP contribution is -1.99. The number of anilines is 1. The Labute approximate surface area is 103 Å². The van der Waals surface area contributed by atoms with Gasteiger partial charge in [0.2, 0.25) is 0 Å². The molecule has 0 aliphatic carbocycles. The molecule has 1 aromatic carbocycles. The summed E-state index contributed by atoms with van der Waals surface area (Å²) >= 11 is 0. The summed E-state index contributed by atoms with van der Waals surface area (Å²) in [6.45, 7) is 0.267. The van der Waals surface area contributed by atoms with Gasteiger partial charge in [0.05, 0.1) is 10.6 Å². The number of non-ortho nitro benzene ring substituents is 1. The van der Waals surface area contributed by atoms with Crippen molar-refractivity contribution < 1.29 is 9.66 Å². The van der Waals surface area contributed by atoms with E-state index < -0.39 is 4.92 Å². The molecule has 0 saturated heterocycles. The number of pyridine rings is 1. The van der Waals surface area contributed by atoms with E-state index in [0.29, 0.717) is 17.1 Å². The van der Waals surface area contributed by atoms with Crippen molar-refractivity contribution in [2.24, 2.45) is 0 Å². The second kappa shape index (κ2) is 5.13. The summed E-state index contributed by atoms with van der Waals surface area (Å²) in [6, 6.07) is 9.28. The Morgan fingerprint density at radius 1 is 1.28 bits per heavy atom. The predicted molar refractivity (Wildman–Crippen MR) is 66.1 cm³/mol. The molecule has 0 fully saturated rings. The van der Waals surface area contributed by atoms with Gasteiger partial charge in [0.25, 0.3) is 5.69 Å². The van der Waals surface area contributed by atoms with Gasteiger partial charge in [-0.15, -0.1) is 0 Å². The Hall–Kier alpha value is -2.63. The third kappa shape index (κ3) is 2.94. The van der Waals surface area contributed by atoms with Gasteiger partial charge in [0.15, 0.2) is 0 Å². The molecule has 6 nitrogen and oxygen atoms in total. The second-order valence-electron chi connectivity index (χ2n) is 3.62. The summed E-state index contributed by atoms with van der Waals surface area (Å²) in [5.41, 5.74) is 6.96. The minimum atomic E-state index is -0.455. The van der Waals surface area contributed by atoms with E-state index in [1.807, 2.05) is 0 Å². The Morgan fingerprint density at radius 3 is 2.61 bits per heavy atom. The topological polar surface area (TPSA) is 91.3 Å². The molecule has 0 aliphatic heterocycles. The average Bonchev–Trinajstić information content (AvgIpc) is 2.37. The first-order valence-electron chi connectivity index (χ1n) is 5.23. The van der Waals surface area contributed by atoms with Gasteiger partial charge in [-0.25, -0.2) is 0 Å². The maximum absolute atomic E-state index is 10.5. The minimum Gasteiger partial charge on any atom is -0.487 e. The molecule has 1 aromatic heterocycles. The highest BCUT2D eigenvalue weighted by molar-refractivity contribution is 5.38. The van der Waals surface area contributed by atoms with Gasteiger partial charge < -0.3 is 10.5 Å². The van der Waals surface area contributed by atoms with Crippen LogP contribution >= 0.6 is 0 Å². The highest BCUT2D eigenvalue weighted by atomic mass is 16.6. The van der Waals surface area contributed by atoms with Gasteiger partial charge in [-0.3, -0.25) is 15.1 Å². The summed E-state index contributed by atoms with van der Waals surface area (Å²) in [5.74, 6) is 0.546. The molecule has 18 heavy (non-hydrogen) atoms. The zero-order valence-electron chi connectivity index (χ0n) is 9.45. The largest absolute Gasteiger partial charge is 0.487 e. The van der Waals surface area contributed by atoms with Crippen molar-refractivity contribution >= 4 is 11.4 Å². The van der Waals surface area contributed by atoms with E-state index in [9.17, 15) is 10.1 Å². The van der Waals surface area contributed by atoms with E-state index in [2.05, 4.69) is 4.98 Å². The lowest BCUT2D eigenvalue weighted by atomic mass is 10.3. The van der Waals surface area contributed by atoms with Gasteiger partial charge in [-0.05, 0) is 24.3 Å².